The summed E-state index contributed by atoms with van der Waals surface area (Å²) in [6.07, 6.45) is 0.753. The van der Waals surface area contributed by atoms with E-state index in [0.29, 0.717) is 12.3 Å². The van der Waals surface area contributed by atoms with Gasteiger partial charge >= 0.3 is 5.97 Å². The Morgan fingerprint density at radius 3 is 2.40 bits per heavy atom. The van der Waals surface area contributed by atoms with Gasteiger partial charge < -0.3 is 5.11 Å². The third-order valence-electron chi connectivity index (χ3n) is 3.45. The minimum atomic E-state index is -0.751. The maximum atomic E-state index is 10.7. The summed E-state index contributed by atoms with van der Waals surface area (Å²) in [6, 6.07) is 16.6. The molecule has 0 saturated carbocycles. The minimum Gasteiger partial charge on any atom is -0.481 e. The van der Waals surface area contributed by atoms with Crippen LogP contribution in [0.4, 0.5) is 0 Å². The van der Waals surface area contributed by atoms with Crippen LogP contribution in [0.2, 0.25) is 0 Å². The van der Waals surface area contributed by atoms with Gasteiger partial charge in [0.05, 0.1) is 0 Å². The van der Waals surface area contributed by atoms with E-state index in [1.54, 1.807) is 0 Å². The third kappa shape index (κ3) is 3.47. The van der Waals surface area contributed by atoms with Crippen LogP contribution in [0.25, 0.3) is 11.1 Å². The van der Waals surface area contributed by atoms with Crippen LogP contribution in [0.1, 0.15) is 37.3 Å². The molecule has 0 atom stereocenters. The Labute approximate surface area is 120 Å². The van der Waals surface area contributed by atoms with E-state index in [1.807, 2.05) is 24.3 Å². The van der Waals surface area contributed by atoms with Crippen molar-refractivity contribution in [1.82, 2.24) is 0 Å². The Balaban J connectivity index is 2.40. The molecule has 2 aromatic carbocycles. The summed E-state index contributed by atoms with van der Waals surface area (Å²) in [4.78, 5) is 10.7. The molecule has 0 aliphatic rings. The highest BCUT2D eigenvalue weighted by molar-refractivity contribution is 5.70. The minimum absolute atomic E-state index is 0.176. The fourth-order valence-corrected chi connectivity index (χ4v) is 2.38. The van der Waals surface area contributed by atoms with Crippen LogP contribution >= 0.6 is 0 Å². The van der Waals surface area contributed by atoms with Gasteiger partial charge in [-0.05, 0) is 34.6 Å². The molecule has 0 aromatic heterocycles. The van der Waals surface area contributed by atoms with E-state index in [-0.39, 0.29) is 6.42 Å². The number of carbonyl (C=O) groups is 1. The van der Waals surface area contributed by atoms with Crippen LogP contribution in [-0.2, 0) is 11.2 Å². The average molecular weight is 268 g/mol. The number of carboxylic acids is 1. The number of benzene rings is 2. The maximum absolute atomic E-state index is 10.7. The van der Waals surface area contributed by atoms with Crippen molar-refractivity contribution in [3.8, 4) is 11.1 Å². The number of rotatable bonds is 5. The van der Waals surface area contributed by atoms with Crippen LogP contribution in [0, 0.1) is 0 Å². The summed E-state index contributed by atoms with van der Waals surface area (Å²) >= 11 is 0. The SMILES string of the molecule is CC(C)c1ccc(CCC(=O)O)cc1-c1ccccc1. The first kappa shape index (κ1) is 14.3. The number of hydrogen-bond donors (Lipinski definition) is 1. The van der Waals surface area contributed by atoms with E-state index in [4.69, 9.17) is 5.11 Å². The molecular weight excluding hydrogens is 248 g/mol. The van der Waals surface area contributed by atoms with E-state index in [0.717, 1.165) is 5.56 Å². The summed E-state index contributed by atoms with van der Waals surface area (Å²) in [5.41, 5.74) is 4.78. The van der Waals surface area contributed by atoms with Gasteiger partial charge in [0.2, 0.25) is 0 Å². The molecule has 0 spiro atoms. The number of carboxylic acid groups (broad SMARTS) is 1. The highest BCUT2D eigenvalue weighted by Crippen LogP contribution is 2.30. The Bertz CT molecular complexity index is 586. The van der Waals surface area contributed by atoms with E-state index >= 15 is 0 Å². The van der Waals surface area contributed by atoms with Gasteiger partial charge in [0, 0.05) is 6.42 Å². The van der Waals surface area contributed by atoms with Crippen molar-refractivity contribution in [1.29, 1.82) is 0 Å². The van der Waals surface area contributed by atoms with Crippen LogP contribution in [0.3, 0.4) is 0 Å². The van der Waals surface area contributed by atoms with Crippen molar-refractivity contribution in [2.75, 3.05) is 0 Å². The monoisotopic (exact) mass is 268 g/mol. The van der Waals surface area contributed by atoms with Crippen LogP contribution < -0.4 is 0 Å². The Hall–Kier alpha value is -2.09. The molecule has 104 valence electrons. The molecule has 1 N–H and O–H groups in total. The van der Waals surface area contributed by atoms with E-state index in [1.165, 1.54) is 16.7 Å². The van der Waals surface area contributed by atoms with Crippen molar-refractivity contribution in [3.63, 3.8) is 0 Å². The molecule has 2 rings (SSSR count). The smallest absolute Gasteiger partial charge is 0.303 e. The van der Waals surface area contributed by atoms with Crippen LogP contribution in [-0.4, -0.2) is 11.1 Å². The zero-order valence-electron chi connectivity index (χ0n) is 12.0. The second-order valence-electron chi connectivity index (χ2n) is 5.34. The van der Waals surface area contributed by atoms with Gasteiger partial charge in [0.1, 0.15) is 0 Å². The molecule has 0 bridgehead atoms. The molecule has 0 aliphatic heterocycles. The van der Waals surface area contributed by atoms with Gasteiger partial charge in [-0.3, -0.25) is 4.79 Å². The fourth-order valence-electron chi connectivity index (χ4n) is 2.38. The lowest BCUT2D eigenvalue weighted by Gasteiger charge is -2.15. The first-order valence-electron chi connectivity index (χ1n) is 6.98. The largest absolute Gasteiger partial charge is 0.481 e. The number of aliphatic carboxylic acids is 1. The average Bonchev–Trinajstić information content (AvgIpc) is 2.45. The molecule has 0 saturated heterocycles. The maximum Gasteiger partial charge on any atom is 0.303 e. The second kappa shape index (κ2) is 6.38. The van der Waals surface area contributed by atoms with Crippen LogP contribution in [0.15, 0.2) is 48.5 Å². The van der Waals surface area contributed by atoms with Crippen molar-refractivity contribution in [2.45, 2.75) is 32.6 Å². The van der Waals surface area contributed by atoms with Crippen molar-refractivity contribution in [3.05, 3.63) is 59.7 Å². The Morgan fingerprint density at radius 2 is 1.80 bits per heavy atom. The lowest BCUT2D eigenvalue weighted by atomic mass is 9.90. The highest BCUT2D eigenvalue weighted by Gasteiger charge is 2.10. The van der Waals surface area contributed by atoms with E-state index in [9.17, 15) is 4.79 Å². The van der Waals surface area contributed by atoms with Crippen molar-refractivity contribution in [2.24, 2.45) is 0 Å². The molecule has 0 aliphatic carbocycles. The summed E-state index contributed by atoms with van der Waals surface area (Å²) in [7, 11) is 0. The standard InChI is InChI=1S/C18H20O2/c1-13(2)16-10-8-14(9-11-18(19)20)12-17(16)15-6-4-3-5-7-15/h3-8,10,12-13H,9,11H2,1-2H3,(H,19,20). The Morgan fingerprint density at radius 1 is 1.10 bits per heavy atom. The Kier molecular flexibility index (Phi) is 4.57. The molecule has 0 unspecified atom stereocenters. The molecule has 0 heterocycles. The predicted octanol–water partition coefficient (Wildman–Crippen LogP) is 4.49. The van der Waals surface area contributed by atoms with Crippen LogP contribution in [0.5, 0.6) is 0 Å². The van der Waals surface area contributed by atoms with Gasteiger partial charge in [0.25, 0.3) is 0 Å². The predicted molar refractivity (Wildman–Crippen MR) is 81.9 cm³/mol. The quantitative estimate of drug-likeness (QED) is 0.867. The summed E-state index contributed by atoms with van der Waals surface area (Å²) in [6.45, 7) is 4.36. The van der Waals surface area contributed by atoms with E-state index in [2.05, 4.69) is 38.1 Å². The van der Waals surface area contributed by atoms with Gasteiger partial charge in [-0.25, -0.2) is 0 Å². The van der Waals surface area contributed by atoms with Gasteiger partial charge in [0.15, 0.2) is 0 Å². The molecular formula is C18H20O2. The molecule has 0 amide bonds. The zero-order valence-corrected chi connectivity index (χ0v) is 12.0. The molecule has 0 fully saturated rings. The normalized spacial score (nSPS) is 10.8. The lowest BCUT2D eigenvalue weighted by Crippen LogP contribution is -1.99. The summed E-state index contributed by atoms with van der Waals surface area (Å²) in [5.74, 6) is -0.307. The van der Waals surface area contributed by atoms with Gasteiger partial charge in [-0.15, -0.1) is 0 Å². The van der Waals surface area contributed by atoms with Crippen molar-refractivity contribution >= 4 is 5.97 Å². The van der Waals surface area contributed by atoms with E-state index < -0.39 is 5.97 Å². The molecule has 20 heavy (non-hydrogen) atoms. The summed E-state index contributed by atoms with van der Waals surface area (Å²) < 4.78 is 0. The number of aryl methyl sites for hydroxylation is 1. The second-order valence-corrected chi connectivity index (χ2v) is 5.34. The molecule has 2 heteroatoms. The van der Waals surface area contributed by atoms with Gasteiger partial charge in [-0.2, -0.15) is 0 Å². The fraction of sp³-hybridized carbons (Fsp3) is 0.278. The molecule has 2 nitrogen and oxygen atoms in total. The molecule has 2 aromatic rings. The van der Waals surface area contributed by atoms with Crippen molar-refractivity contribution < 1.29 is 9.90 Å². The first-order chi connectivity index (χ1) is 9.58. The highest BCUT2D eigenvalue weighted by atomic mass is 16.4. The zero-order chi connectivity index (χ0) is 14.5. The number of hydrogen-bond acceptors (Lipinski definition) is 1. The summed E-state index contributed by atoms with van der Waals surface area (Å²) in [5, 5.41) is 8.80. The lowest BCUT2D eigenvalue weighted by molar-refractivity contribution is -0.136. The first-order valence-corrected chi connectivity index (χ1v) is 6.98. The third-order valence-corrected chi connectivity index (χ3v) is 3.45. The molecule has 0 radical (unpaired) electrons. The topological polar surface area (TPSA) is 37.3 Å². The van der Waals surface area contributed by atoms with Gasteiger partial charge in [-0.1, -0.05) is 62.4 Å².